The largest absolute Gasteiger partial charge is 0.472 e. The molecular formula is C11H12FNO2. The Morgan fingerprint density at radius 1 is 1.60 bits per heavy atom. The van der Waals surface area contributed by atoms with Crippen LogP contribution in [0.5, 0.6) is 0 Å². The van der Waals surface area contributed by atoms with E-state index in [1.165, 1.54) is 23.5 Å². The van der Waals surface area contributed by atoms with Gasteiger partial charge in [-0.05, 0) is 24.1 Å². The van der Waals surface area contributed by atoms with Crippen molar-refractivity contribution >= 4 is 5.91 Å². The molecule has 15 heavy (non-hydrogen) atoms. The van der Waals surface area contributed by atoms with E-state index in [1.807, 2.05) is 0 Å². The van der Waals surface area contributed by atoms with E-state index < -0.39 is 0 Å². The van der Waals surface area contributed by atoms with Crippen LogP contribution >= 0.6 is 0 Å². The first kappa shape index (κ1) is 9.96. The predicted molar refractivity (Wildman–Crippen MR) is 52.8 cm³/mol. The van der Waals surface area contributed by atoms with E-state index in [9.17, 15) is 9.18 Å². The molecule has 0 fully saturated rings. The molecule has 0 atom stereocenters. The highest BCUT2D eigenvalue weighted by Crippen LogP contribution is 2.12. The van der Waals surface area contributed by atoms with Gasteiger partial charge in [0.15, 0.2) is 0 Å². The molecular weight excluding hydrogens is 197 g/mol. The Morgan fingerprint density at radius 2 is 2.47 bits per heavy atom. The van der Waals surface area contributed by atoms with Gasteiger partial charge in [-0.1, -0.05) is 0 Å². The number of carbonyl (C=O) groups excluding carboxylic acids is 1. The van der Waals surface area contributed by atoms with Gasteiger partial charge in [0.1, 0.15) is 5.83 Å². The lowest BCUT2D eigenvalue weighted by Gasteiger charge is -2.24. The third kappa shape index (κ3) is 2.46. The minimum Gasteiger partial charge on any atom is -0.472 e. The molecule has 80 valence electrons. The Hall–Kier alpha value is -1.58. The summed E-state index contributed by atoms with van der Waals surface area (Å²) in [6, 6.07) is 1.74. The maximum absolute atomic E-state index is 12.9. The first-order valence-corrected chi connectivity index (χ1v) is 4.89. The zero-order valence-corrected chi connectivity index (χ0v) is 8.28. The second kappa shape index (κ2) is 4.29. The Labute approximate surface area is 87.2 Å². The Kier molecular flexibility index (Phi) is 2.85. The number of furan rings is 1. The van der Waals surface area contributed by atoms with Crippen molar-refractivity contribution in [2.75, 3.05) is 13.1 Å². The maximum atomic E-state index is 12.9. The lowest BCUT2D eigenvalue weighted by atomic mass is 10.2. The summed E-state index contributed by atoms with van der Waals surface area (Å²) in [5, 5.41) is 0. The lowest BCUT2D eigenvalue weighted by Crippen LogP contribution is -2.36. The highest BCUT2D eigenvalue weighted by molar-refractivity contribution is 5.79. The van der Waals surface area contributed by atoms with E-state index in [0.717, 1.165) is 5.56 Å². The molecule has 4 heteroatoms. The summed E-state index contributed by atoms with van der Waals surface area (Å²) in [6.45, 7) is 0.709. The fourth-order valence-electron chi connectivity index (χ4n) is 1.60. The standard InChI is InChI=1S/C11H12FNO2/c12-10-2-1-4-13(7-10)11(14)6-9-3-5-15-8-9/h2-3,5,8H,1,4,6-7H2. The number of nitrogens with zero attached hydrogens (tertiary/aromatic N) is 1. The van der Waals surface area contributed by atoms with E-state index >= 15 is 0 Å². The average Bonchev–Trinajstić information content (AvgIpc) is 2.70. The molecule has 2 rings (SSSR count). The monoisotopic (exact) mass is 209 g/mol. The van der Waals surface area contributed by atoms with E-state index in [-0.39, 0.29) is 24.7 Å². The van der Waals surface area contributed by atoms with Gasteiger partial charge < -0.3 is 9.32 Å². The number of rotatable bonds is 2. The minimum absolute atomic E-state index is 0.0559. The van der Waals surface area contributed by atoms with Crippen LogP contribution in [-0.2, 0) is 11.2 Å². The molecule has 1 aliphatic rings. The van der Waals surface area contributed by atoms with Gasteiger partial charge in [-0.25, -0.2) is 4.39 Å². The number of halogens is 1. The van der Waals surface area contributed by atoms with Gasteiger partial charge in [-0.15, -0.1) is 0 Å². The smallest absolute Gasteiger partial charge is 0.227 e. The third-order valence-corrected chi connectivity index (χ3v) is 2.39. The average molecular weight is 209 g/mol. The summed E-state index contributed by atoms with van der Waals surface area (Å²) >= 11 is 0. The normalized spacial score (nSPS) is 16.3. The van der Waals surface area contributed by atoms with Gasteiger partial charge in [-0.2, -0.15) is 0 Å². The van der Waals surface area contributed by atoms with Crippen LogP contribution in [-0.4, -0.2) is 23.9 Å². The molecule has 0 N–H and O–H groups in total. The van der Waals surface area contributed by atoms with Gasteiger partial charge in [-0.3, -0.25) is 4.79 Å². The fraction of sp³-hybridized carbons (Fsp3) is 0.364. The quantitative estimate of drug-likeness (QED) is 0.745. The van der Waals surface area contributed by atoms with Crippen LogP contribution in [0.25, 0.3) is 0 Å². The second-order valence-electron chi connectivity index (χ2n) is 3.56. The predicted octanol–water partition coefficient (Wildman–Crippen LogP) is 1.91. The molecule has 1 aromatic rings. The molecule has 0 aromatic carbocycles. The summed E-state index contributed by atoms with van der Waals surface area (Å²) in [4.78, 5) is 13.2. The molecule has 0 saturated carbocycles. The minimum atomic E-state index is -0.221. The molecule has 0 bridgehead atoms. The van der Waals surface area contributed by atoms with Crippen molar-refractivity contribution < 1.29 is 13.6 Å². The summed E-state index contributed by atoms with van der Waals surface area (Å²) in [5.41, 5.74) is 0.829. The van der Waals surface area contributed by atoms with E-state index in [0.29, 0.717) is 13.0 Å². The van der Waals surface area contributed by atoms with Gasteiger partial charge >= 0.3 is 0 Å². The molecule has 1 aliphatic heterocycles. The van der Waals surface area contributed by atoms with Crippen molar-refractivity contribution in [3.05, 3.63) is 36.1 Å². The Bertz CT molecular complexity index is 370. The first-order valence-electron chi connectivity index (χ1n) is 4.89. The van der Waals surface area contributed by atoms with Crippen LogP contribution in [0.2, 0.25) is 0 Å². The number of carbonyl (C=O) groups is 1. The number of hydrogen-bond donors (Lipinski definition) is 0. The van der Waals surface area contributed by atoms with Crippen molar-refractivity contribution in [1.82, 2.24) is 4.90 Å². The van der Waals surface area contributed by atoms with Crippen LogP contribution in [0.1, 0.15) is 12.0 Å². The molecule has 0 spiro atoms. The zero-order valence-electron chi connectivity index (χ0n) is 8.28. The van der Waals surface area contributed by atoms with Crippen molar-refractivity contribution in [3.8, 4) is 0 Å². The summed E-state index contributed by atoms with van der Waals surface area (Å²) in [5.74, 6) is -0.276. The van der Waals surface area contributed by atoms with Gasteiger partial charge in [0, 0.05) is 6.54 Å². The van der Waals surface area contributed by atoms with Crippen LogP contribution in [0, 0.1) is 0 Å². The summed E-state index contributed by atoms with van der Waals surface area (Å²) in [7, 11) is 0. The molecule has 0 unspecified atom stereocenters. The third-order valence-electron chi connectivity index (χ3n) is 2.39. The lowest BCUT2D eigenvalue weighted by molar-refractivity contribution is -0.130. The van der Waals surface area contributed by atoms with E-state index in [1.54, 1.807) is 6.07 Å². The highest BCUT2D eigenvalue weighted by atomic mass is 19.1. The van der Waals surface area contributed by atoms with Crippen LogP contribution in [0.15, 0.2) is 34.9 Å². The van der Waals surface area contributed by atoms with Crippen molar-refractivity contribution in [1.29, 1.82) is 0 Å². The zero-order chi connectivity index (χ0) is 10.7. The van der Waals surface area contributed by atoms with Crippen LogP contribution in [0.3, 0.4) is 0 Å². The van der Waals surface area contributed by atoms with Crippen molar-refractivity contribution in [2.45, 2.75) is 12.8 Å². The van der Waals surface area contributed by atoms with Gasteiger partial charge in [0.2, 0.25) is 5.91 Å². The first-order chi connectivity index (χ1) is 7.25. The van der Waals surface area contributed by atoms with E-state index in [2.05, 4.69) is 0 Å². The second-order valence-corrected chi connectivity index (χ2v) is 3.56. The van der Waals surface area contributed by atoms with E-state index in [4.69, 9.17) is 4.42 Å². The molecule has 0 radical (unpaired) electrons. The number of amides is 1. The molecule has 1 aromatic heterocycles. The molecule has 0 saturated heterocycles. The topological polar surface area (TPSA) is 33.5 Å². The SMILES string of the molecule is O=C(Cc1ccoc1)N1CCC=C(F)C1. The molecule has 0 aliphatic carbocycles. The fourth-order valence-corrected chi connectivity index (χ4v) is 1.60. The van der Waals surface area contributed by atoms with Crippen LogP contribution in [0.4, 0.5) is 4.39 Å². The Balaban J connectivity index is 1.94. The van der Waals surface area contributed by atoms with Gasteiger partial charge in [0.25, 0.3) is 0 Å². The highest BCUT2D eigenvalue weighted by Gasteiger charge is 2.18. The Morgan fingerprint density at radius 3 is 3.13 bits per heavy atom. The summed E-state index contributed by atoms with van der Waals surface area (Å²) < 4.78 is 17.8. The number of hydrogen-bond acceptors (Lipinski definition) is 2. The molecule has 1 amide bonds. The van der Waals surface area contributed by atoms with Gasteiger partial charge in [0.05, 0.1) is 25.5 Å². The molecule has 2 heterocycles. The summed E-state index contributed by atoms with van der Waals surface area (Å²) in [6.07, 6.45) is 5.47. The molecule has 3 nitrogen and oxygen atoms in total. The van der Waals surface area contributed by atoms with Crippen molar-refractivity contribution in [2.24, 2.45) is 0 Å². The van der Waals surface area contributed by atoms with Crippen molar-refractivity contribution in [3.63, 3.8) is 0 Å². The van der Waals surface area contributed by atoms with Crippen LogP contribution < -0.4 is 0 Å². The maximum Gasteiger partial charge on any atom is 0.227 e.